The molecule has 0 saturated carbocycles. The van der Waals surface area contributed by atoms with Crippen molar-refractivity contribution in [3.05, 3.63) is 86.7 Å². The molecule has 0 bridgehead atoms. The van der Waals surface area contributed by atoms with E-state index in [4.69, 9.17) is 23.2 Å². The molecule has 8 heteroatoms. The molecule has 0 aliphatic carbocycles. The zero-order valence-electron chi connectivity index (χ0n) is 17.1. The maximum Gasteiger partial charge on any atom is 0.290 e. The Morgan fingerprint density at radius 3 is 2.48 bits per heavy atom. The lowest BCUT2D eigenvalue weighted by Crippen LogP contribution is -2.35. The Morgan fingerprint density at radius 1 is 1.06 bits per heavy atom. The molecule has 0 aliphatic heterocycles. The number of halogens is 4. The van der Waals surface area contributed by atoms with Crippen LogP contribution < -0.4 is 5.32 Å². The number of alkyl halides is 2. The maximum atomic E-state index is 14.8. The van der Waals surface area contributed by atoms with E-state index in [9.17, 15) is 13.6 Å². The number of rotatable bonds is 6. The highest BCUT2D eigenvalue weighted by Crippen LogP contribution is 2.34. The third-order valence-corrected chi connectivity index (χ3v) is 6.01. The number of benzene rings is 2. The van der Waals surface area contributed by atoms with Crippen LogP contribution in [0.5, 0.6) is 0 Å². The quantitative estimate of drug-likeness (QED) is 0.386. The van der Waals surface area contributed by atoms with Gasteiger partial charge in [0.2, 0.25) is 0 Å². The number of carbonyl (C=O) groups is 1. The van der Waals surface area contributed by atoms with Gasteiger partial charge < -0.3 is 5.32 Å². The predicted molar refractivity (Wildman–Crippen MR) is 122 cm³/mol. The number of pyridine rings is 1. The van der Waals surface area contributed by atoms with E-state index >= 15 is 0 Å². The Hall–Kier alpha value is -2.15. The van der Waals surface area contributed by atoms with Crippen LogP contribution in [0.1, 0.15) is 32.6 Å². The first kappa shape index (κ1) is 23.5. The Kier molecular flexibility index (Phi) is 7.24. The van der Waals surface area contributed by atoms with Gasteiger partial charge in [-0.3, -0.25) is 4.79 Å². The van der Waals surface area contributed by atoms with Crippen LogP contribution in [0.25, 0.3) is 0 Å². The number of hydrogen-bond donors (Lipinski definition) is 1. The lowest BCUT2D eigenvalue weighted by molar-refractivity contribution is -0.00310. The summed E-state index contributed by atoms with van der Waals surface area (Å²) in [4.78, 5) is 18.1. The van der Waals surface area contributed by atoms with Crippen molar-refractivity contribution in [1.82, 2.24) is 10.3 Å². The van der Waals surface area contributed by atoms with E-state index < -0.39 is 18.4 Å². The molecule has 0 saturated heterocycles. The summed E-state index contributed by atoms with van der Waals surface area (Å²) in [5, 5.41) is 3.00. The van der Waals surface area contributed by atoms with Gasteiger partial charge in [0.15, 0.2) is 0 Å². The highest BCUT2D eigenvalue weighted by Gasteiger charge is 2.34. The summed E-state index contributed by atoms with van der Waals surface area (Å²) in [7, 11) is 0. The number of nitrogens with one attached hydrogen (secondary N) is 1. The molecule has 0 fully saturated rings. The smallest absolute Gasteiger partial charge is 0.290 e. The van der Waals surface area contributed by atoms with Crippen LogP contribution in [0, 0.1) is 20.8 Å². The summed E-state index contributed by atoms with van der Waals surface area (Å²) in [5.74, 6) is -3.88. The molecule has 2 aromatic carbocycles. The van der Waals surface area contributed by atoms with E-state index in [0.29, 0.717) is 15.5 Å². The third-order valence-electron chi connectivity index (χ3n) is 4.57. The average Bonchev–Trinajstić information content (AvgIpc) is 2.66. The lowest BCUT2D eigenvalue weighted by Gasteiger charge is -2.20. The van der Waals surface area contributed by atoms with Crippen molar-refractivity contribution < 1.29 is 13.6 Å². The SMILES string of the molecule is Cc1cc(Cl)cc(Sc2cnc(Cl)cc2C(=O)NCC(F)(F)c2ccc(C)cc2C)c1. The van der Waals surface area contributed by atoms with Gasteiger partial charge in [0.25, 0.3) is 11.8 Å². The summed E-state index contributed by atoms with van der Waals surface area (Å²) < 4.78 is 29.5. The molecule has 1 N–H and O–H groups in total. The number of hydrogen-bond acceptors (Lipinski definition) is 3. The molecular weight excluding hydrogens is 461 g/mol. The number of amides is 1. The molecule has 1 aromatic heterocycles. The number of carbonyl (C=O) groups excluding carboxylic acids is 1. The molecule has 0 atom stereocenters. The minimum atomic E-state index is -3.22. The fourth-order valence-electron chi connectivity index (χ4n) is 3.17. The molecular formula is C23H20Cl2F2N2OS. The summed E-state index contributed by atoms with van der Waals surface area (Å²) >= 11 is 13.3. The second-order valence-electron chi connectivity index (χ2n) is 7.28. The van der Waals surface area contributed by atoms with Gasteiger partial charge in [0.05, 0.1) is 12.1 Å². The molecule has 31 heavy (non-hydrogen) atoms. The normalized spacial score (nSPS) is 11.5. The Morgan fingerprint density at radius 2 is 1.81 bits per heavy atom. The van der Waals surface area contributed by atoms with Crippen LogP contribution in [-0.2, 0) is 5.92 Å². The van der Waals surface area contributed by atoms with Gasteiger partial charge in [-0.15, -0.1) is 0 Å². The van der Waals surface area contributed by atoms with Crippen molar-refractivity contribution in [3.8, 4) is 0 Å². The highest BCUT2D eigenvalue weighted by molar-refractivity contribution is 7.99. The van der Waals surface area contributed by atoms with Crippen molar-refractivity contribution in [3.63, 3.8) is 0 Å². The van der Waals surface area contributed by atoms with E-state index in [0.717, 1.165) is 16.0 Å². The van der Waals surface area contributed by atoms with Gasteiger partial charge in [-0.25, -0.2) is 4.98 Å². The molecule has 1 amide bonds. The van der Waals surface area contributed by atoms with Crippen LogP contribution >= 0.6 is 35.0 Å². The first-order valence-corrected chi connectivity index (χ1v) is 11.0. The molecule has 3 nitrogen and oxygen atoms in total. The van der Waals surface area contributed by atoms with E-state index in [1.807, 2.05) is 26.0 Å². The molecule has 0 spiro atoms. The van der Waals surface area contributed by atoms with Gasteiger partial charge in [-0.1, -0.05) is 58.7 Å². The average molecular weight is 481 g/mol. The number of aromatic nitrogens is 1. The van der Waals surface area contributed by atoms with Gasteiger partial charge in [-0.2, -0.15) is 8.78 Å². The topological polar surface area (TPSA) is 42.0 Å². The van der Waals surface area contributed by atoms with E-state index in [2.05, 4.69) is 10.3 Å². The molecule has 0 radical (unpaired) electrons. The minimum absolute atomic E-state index is 0.0953. The first-order chi connectivity index (χ1) is 14.5. The summed E-state index contributed by atoms with van der Waals surface area (Å²) in [6.07, 6.45) is 1.44. The summed E-state index contributed by atoms with van der Waals surface area (Å²) in [6.45, 7) is 4.53. The highest BCUT2D eigenvalue weighted by atomic mass is 35.5. The number of aryl methyl sites for hydroxylation is 3. The van der Waals surface area contributed by atoms with Crippen LogP contribution in [0.4, 0.5) is 8.78 Å². The van der Waals surface area contributed by atoms with Crippen molar-refractivity contribution in [2.24, 2.45) is 0 Å². The lowest BCUT2D eigenvalue weighted by atomic mass is 10.00. The molecule has 3 aromatic rings. The van der Waals surface area contributed by atoms with Gasteiger partial charge >= 0.3 is 0 Å². The second-order valence-corrected chi connectivity index (χ2v) is 9.21. The summed E-state index contributed by atoms with van der Waals surface area (Å²) in [6, 6.07) is 11.5. The third kappa shape index (κ3) is 5.97. The zero-order valence-corrected chi connectivity index (χ0v) is 19.4. The van der Waals surface area contributed by atoms with Crippen molar-refractivity contribution in [1.29, 1.82) is 0 Å². The van der Waals surface area contributed by atoms with Crippen molar-refractivity contribution in [2.45, 2.75) is 36.5 Å². The predicted octanol–water partition coefficient (Wildman–Crippen LogP) is 6.99. The fraction of sp³-hybridized carbons (Fsp3) is 0.217. The molecule has 3 rings (SSSR count). The van der Waals surface area contributed by atoms with Crippen LogP contribution in [0.2, 0.25) is 10.2 Å². The zero-order chi connectivity index (χ0) is 22.8. The van der Waals surface area contributed by atoms with Gasteiger partial charge in [-0.05, 0) is 56.2 Å². The monoisotopic (exact) mass is 480 g/mol. The Balaban J connectivity index is 1.82. The fourth-order valence-corrected chi connectivity index (χ4v) is 4.73. The maximum absolute atomic E-state index is 14.8. The molecule has 1 heterocycles. The minimum Gasteiger partial charge on any atom is -0.346 e. The van der Waals surface area contributed by atoms with Crippen molar-refractivity contribution >= 4 is 40.9 Å². The van der Waals surface area contributed by atoms with E-state index in [1.54, 1.807) is 25.1 Å². The largest absolute Gasteiger partial charge is 0.346 e. The Labute approximate surface area is 194 Å². The first-order valence-electron chi connectivity index (χ1n) is 9.39. The van der Waals surface area contributed by atoms with Crippen LogP contribution in [0.3, 0.4) is 0 Å². The van der Waals surface area contributed by atoms with E-state index in [-0.39, 0.29) is 16.3 Å². The standard InChI is InChI=1S/C23H20Cl2F2N2OS/c1-13-4-5-19(15(3)6-13)23(26,27)12-29-22(30)18-10-21(25)28-11-20(18)31-17-8-14(2)7-16(24)9-17/h4-11H,12H2,1-3H3,(H,29,30). The molecule has 0 aliphatic rings. The number of nitrogens with zero attached hydrogens (tertiary/aromatic N) is 1. The van der Waals surface area contributed by atoms with E-state index in [1.165, 1.54) is 30.1 Å². The molecule has 162 valence electrons. The van der Waals surface area contributed by atoms with Crippen LogP contribution in [0.15, 0.2) is 58.5 Å². The van der Waals surface area contributed by atoms with Crippen molar-refractivity contribution in [2.75, 3.05) is 6.54 Å². The Bertz CT molecular complexity index is 1120. The molecule has 0 unspecified atom stereocenters. The summed E-state index contributed by atoms with van der Waals surface area (Å²) in [5.41, 5.74) is 2.37. The van der Waals surface area contributed by atoms with Gasteiger partial charge in [0.1, 0.15) is 5.15 Å². The van der Waals surface area contributed by atoms with Gasteiger partial charge in [0, 0.05) is 26.6 Å². The second kappa shape index (κ2) is 9.55. The van der Waals surface area contributed by atoms with Crippen LogP contribution in [-0.4, -0.2) is 17.4 Å².